The lowest BCUT2D eigenvalue weighted by Gasteiger charge is -2.07. The van der Waals surface area contributed by atoms with Gasteiger partial charge in [-0.1, -0.05) is 0 Å². The Morgan fingerprint density at radius 2 is 1.79 bits per heavy atom. The average molecular weight is 347 g/mol. The van der Waals surface area contributed by atoms with Gasteiger partial charge in [0.25, 0.3) is 0 Å². The first-order valence-corrected chi connectivity index (χ1v) is 8.59. The number of benzene rings is 2. The number of aromatic nitrogens is 2. The van der Waals surface area contributed by atoms with Crippen molar-refractivity contribution in [2.24, 2.45) is 0 Å². The molecule has 0 N–H and O–H groups in total. The number of imidazole rings is 1. The topological polar surface area (TPSA) is 75.8 Å². The van der Waals surface area contributed by atoms with E-state index in [-0.39, 0.29) is 22.7 Å². The molecule has 24 heavy (non-hydrogen) atoms. The van der Waals surface area contributed by atoms with Crippen LogP contribution in [0.1, 0.15) is 5.56 Å². The first-order valence-electron chi connectivity index (χ1n) is 6.93. The molecule has 0 unspecified atom stereocenters. The van der Waals surface area contributed by atoms with Crippen LogP contribution in [0.4, 0.5) is 8.78 Å². The number of nitriles is 1. The lowest BCUT2D eigenvalue weighted by molar-refractivity contribution is 0.510. The van der Waals surface area contributed by atoms with Gasteiger partial charge in [-0.05, 0) is 24.3 Å². The summed E-state index contributed by atoms with van der Waals surface area (Å²) in [5, 5.41) is 8.74. The van der Waals surface area contributed by atoms with Crippen molar-refractivity contribution >= 4 is 20.9 Å². The third-order valence-electron chi connectivity index (χ3n) is 3.61. The first kappa shape index (κ1) is 16.1. The van der Waals surface area contributed by atoms with Gasteiger partial charge in [-0.15, -0.1) is 0 Å². The first-order chi connectivity index (χ1) is 11.4. The summed E-state index contributed by atoms with van der Waals surface area (Å²) in [6.07, 6.45) is 1.35. The zero-order chi connectivity index (χ0) is 17.3. The number of aryl methyl sites for hydroxylation is 1. The summed E-state index contributed by atoms with van der Waals surface area (Å²) >= 11 is 0. The van der Waals surface area contributed by atoms with Gasteiger partial charge < -0.3 is 4.57 Å². The van der Waals surface area contributed by atoms with Crippen molar-refractivity contribution in [2.45, 2.75) is 11.4 Å². The third-order valence-corrected chi connectivity index (χ3v) is 5.32. The maximum atomic E-state index is 13.4. The summed E-state index contributed by atoms with van der Waals surface area (Å²) in [6, 6.07) is 9.47. The highest BCUT2D eigenvalue weighted by molar-refractivity contribution is 7.91. The van der Waals surface area contributed by atoms with Crippen LogP contribution in [0, 0.1) is 23.0 Å². The minimum atomic E-state index is -3.57. The zero-order valence-corrected chi connectivity index (χ0v) is 13.1. The molecule has 0 radical (unpaired) electrons. The van der Waals surface area contributed by atoms with E-state index in [1.807, 2.05) is 6.07 Å². The Kier molecular flexibility index (Phi) is 4.03. The van der Waals surface area contributed by atoms with Crippen molar-refractivity contribution in [1.29, 1.82) is 5.26 Å². The van der Waals surface area contributed by atoms with E-state index < -0.39 is 21.5 Å². The number of nitrogens with zero attached hydrogens (tertiary/aromatic N) is 3. The Morgan fingerprint density at radius 3 is 2.46 bits per heavy atom. The molecule has 0 saturated heterocycles. The molecule has 122 valence electrons. The van der Waals surface area contributed by atoms with E-state index in [0.29, 0.717) is 11.1 Å². The maximum Gasteiger partial charge on any atom is 0.180 e. The van der Waals surface area contributed by atoms with Crippen molar-refractivity contribution in [3.05, 3.63) is 59.9 Å². The number of sulfone groups is 1. The van der Waals surface area contributed by atoms with E-state index in [4.69, 9.17) is 5.26 Å². The minimum Gasteiger partial charge on any atom is -0.329 e. The van der Waals surface area contributed by atoms with Gasteiger partial charge in [0, 0.05) is 18.7 Å². The fourth-order valence-corrected chi connectivity index (χ4v) is 3.53. The summed E-state index contributed by atoms with van der Waals surface area (Å²) in [5.74, 6) is -2.25. The van der Waals surface area contributed by atoms with Gasteiger partial charge in [0.05, 0.1) is 39.6 Å². The van der Waals surface area contributed by atoms with Crippen molar-refractivity contribution in [3.63, 3.8) is 0 Å². The molecule has 3 rings (SSSR count). The Hall–Kier alpha value is -2.79. The molecule has 0 aliphatic rings. The molecular weight excluding hydrogens is 336 g/mol. The van der Waals surface area contributed by atoms with E-state index in [9.17, 15) is 17.2 Å². The van der Waals surface area contributed by atoms with Crippen molar-refractivity contribution < 1.29 is 17.2 Å². The lowest BCUT2D eigenvalue weighted by Crippen LogP contribution is -2.13. The van der Waals surface area contributed by atoms with Crippen LogP contribution in [0.3, 0.4) is 0 Å². The summed E-state index contributed by atoms with van der Waals surface area (Å²) in [7, 11) is -3.57. The highest BCUT2D eigenvalue weighted by Crippen LogP contribution is 2.18. The van der Waals surface area contributed by atoms with E-state index in [1.54, 1.807) is 0 Å². The van der Waals surface area contributed by atoms with Gasteiger partial charge in [0.2, 0.25) is 0 Å². The van der Waals surface area contributed by atoms with E-state index in [0.717, 1.165) is 12.1 Å². The van der Waals surface area contributed by atoms with Crippen LogP contribution in [0.15, 0.2) is 47.6 Å². The monoisotopic (exact) mass is 347 g/mol. The molecule has 0 amide bonds. The Morgan fingerprint density at radius 1 is 1.12 bits per heavy atom. The minimum absolute atomic E-state index is 0.0455. The number of rotatable bonds is 4. The molecule has 1 aromatic heterocycles. The molecule has 8 heteroatoms. The molecule has 0 aliphatic carbocycles. The molecule has 0 fully saturated rings. The number of hydrogen-bond donors (Lipinski definition) is 0. The highest BCUT2D eigenvalue weighted by Gasteiger charge is 2.16. The molecule has 0 saturated carbocycles. The smallest absolute Gasteiger partial charge is 0.180 e. The molecule has 3 aromatic rings. The van der Waals surface area contributed by atoms with E-state index >= 15 is 0 Å². The van der Waals surface area contributed by atoms with Crippen molar-refractivity contribution in [3.8, 4) is 6.07 Å². The summed E-state index contributed by atoms with van der Waals surface area (Å²) in [5.41, 5.74) is 0.945. The van der Waals surface area contributed by atoms with Gasteiger partial charge >= 0.3 is 0 Å². The molecule has 0 bridgehead atoms. The molecule has 5 nitrogen and oxygen atoms in total. The lowest BCUT2D eigenvalue weighted by atomic mass is 10.2. The number of hydrogen-bond acceptors (Lipinski definition) is 4. The van der Waals surface area contributed by atoms with Gasteiger partial charge in [-0.25, -0.2) is 22.2 Å². The largest absolute Gasteiger partial charge is 0.329 e. The molecule has 0 aliphatic heterocycles. The Labute approximate surface area is 136 Å². The van der Waals surface area contributed by atoms with Crippen molar-refractivity contribution in [1.82, 2.24) is 9.55 Å². The van der Waals surface area contributed by atoms with E-state index in [2.05, 4.69) is 4.98 Å². The second-order valence-electron chi connectivity index (χ2n) is 5.15. The van der Waals surface area contributed by atoms with Crippen LogP contribution in [0.5, 0.6) is 0 Å². The van der Waals surface area contributed by atoms with Crippen LogP contribution in [-0.2, 0) is 16.4 Å². The number of fused-ring (bicyclic) bond motifs is 1. The van der Waals surface area contributed by atoms with Crippen LogP contribution in [-0.4, -0.2) is 23.7 Å². The average Bonchev–Trinajstić information content (AvgIpc) is 2.95. The van der Waals surface area contributed by atoms with Crippen LogP contribution >= 0.6 is 0 Å². The second kappa shape index (κ2) is 6.02. The summed E-state index contributed by atoms with van der Waals surface area (Å²) in [6.45, 7) is 0.0455. The molecule has 2 aromatic carbocycles. The quantitative estimate of drug-likeness (QED) is 0.727. The highest BCUT2D eigenvalue weighted by atomic mass is 32.2. The van der Waals surface area contributed by atoms with Crippen LogP contribution in [0.25, 0.3) is 11.0 Å². The van der Waals surface area contributed by atoms with Gasteiger partial charge in [-0.3, -0.25) is 0 Å². The predicted octanol–water partition coefficient (Wildman–Crippen LogP) is 2.66. The standard InChI is InChI=1S/C16H11F2N3O2S/c17-13-7-15-16(8-14(13)18)21(10-20-15)5-6-24(22,23)12-3-1-11(9-19)2-4-12/h1-4,7-8,10H,5-6H2. The summed E-state index contributed by atoms with van der Waals surface area (Å²) < 4.78 is 52.7. The SMILES string of the molecule is N#Cc1ccc(S(=O)(=O)CCn2cnc3cc(F)c(F)cc32)cc1. The van der Waals surface area contributed by atoms with Crippen LogP contribution < -0.4 is 0 Å². The fourth-order valence-electron chi connectivity index (χ4n) is 2.30. The normalized spacial score (nSPS) is 11.5. The van der Waals surface area contributed by atoms with Gasteiger partial charge in [0.15, 0.2) is 21.5 Å². The zero-order valence-electron chi connectivity index (χ0n) is 12.3. The van der Waals surface area contributed by atoms with Crippen molar-refractivity contribution in [2.75, 3.05) is 5.75 Å². The third kappa shape index (κ3) is 2.98. The van der Waals surface area contributed by atoms with Crippen LogP contribution in [0.2, 0.25) is 0 Å². The Bertz CT molecular complexity index is 1050. The Balaban J connectivity index is 1.84. The molecule has 1 heterocycles. The molecule has 0 atom stereocenters. The molecular formula is C16H11F2N3O2S. The second-order valence-corrected chi connectivity index (χ2v) is 7.26. The fraction of sp³-hybridized carbons (Fsp3) is 0.125. The maximum absolute atomic E-state index is 13.4. The molecule has 0 spiro atoms. The van der Waals surface area contributed by atoms with Gasteiger partial charge in [0.1, 0.15) is 0 Å². The predicted molar refractivity (Wildman–Crippen MR) is 82.9 cm³/mol. The number of halogens is 2. The van der Waals surface area contributed by atoms with Gasteiger partial charge in [-0.2, -0.15) is 5.26 Å². The van der Waals surface area contributed by atoms with E-state index in [1.165, 1.54) is 35.2 Å². The summed E-state index contributed by atoms with van der Waals surface area (Å²) in [4.78, 5) is 4.04.